The third-order valence-corrected chi connectivity index (χ3v) is 4.77. The number of nitrogens with zero attached hydrogens (tertiary/aromatic N) is 1. The Balaban J connectivity index is 1.73. The van der Waals surface area contributed by atoms with Crippen LogP contribution in [0.25, 0.3) is 10.8 Å². The number of amides is 1. The molecule has 0 aromatic heterocycles. The van der Waals surface area contributed by atoms with E-state index in [1.165, 1.54) is 0 Å². The second kappa shape index (κ2) is 7.55. The lowest BCUT2D eigenvalue weighted by Gasteiger charge is -2.33. The summed E-state index contributed by atoms with van der Waals surface area (Å²) in [5.41, 5.74) is 0.441. The Morgan fingerprint density at radius 2 is 1.88 bits per heavy atom. The van der Waals surface area contributed by atoms with Gasteiger partial charge in [-0.1, -0.05) is 24.3 Å². The fourth-order valence-electron chi connectivity index (χ4n) is 3.38. The van der Waals surface area contributed by atoms with E-state index in [4.69, 9.17) is 9.47 Å². The van der Waals surface area contributed by atoms with Gasteiger partial charge in [-0.05, 0) is 43.7 Å². The number of piperidine rings is 1. The van der Waals surface area contributed by atoms with E-state index >= 15 is 0 Å². The fourth-order valence-corrected chi connectivity index (χ4v) is 3.38. The highest BCUT2D eigenvalue weighted by Gasteiger charge is 2.24. The zero-order chi connectivity index (χ0) is 17.8. The number of carbonyl (C=O) groups is 2. The SMILES string of the molecule is COc1ccc(C(=O)OCC(=O)N2CCCC[C@H]2C)c2ccccc12. The van der Waals surface area contributed by atoms with Crippen LogP contribution in [-0.2, 0) is 9.53 Å². The molecule has 0 aliphatic carbocycles. The van der Waals surface area contributed by atoms with Crippen LogP contribution in [0.2, 0.25) is 0 Å². The van der Waals surface area contributed by atoms with Crippen molar-refractivity contribution in [3.05, 3.63) is 42.0 Å². The van der Waals surface area contributed by atoms with E-state index < -0.39 is 5.97 Å². The van der Waals surface area contributed by atoms with Crippen molar-refractivity contribution in [2.24, 2.45) is 0 Å². The monoisotopic (exact) mass is 341 g/mol. The van der Waals surface area contributed by atoms with E-state index in [1.807, 2.05) is 36.1 Å². The van der Waals surface area contributed by atoms with Crippen molar-refractivity contribution in [3.8, 4) is 5.75 Å². The number of carbonyl (C=O) groups excluding carboxylic acids is 2. The van der Waals surface area contributed by atoms with Crippen LogP contribution in [-0.4, -0.2) is 43.1 Å². The summed E-state index contributed by atoms with van der Waals surface area (Å²) in [7, 11) is 1.60. The predicted molar refractivity (Wildman–Crippen MR) is 95.8 cm³/mol. The maximum absolute atomic E-state index is 12.5. The quantitative estimate of drug-likeness (QED) is 0.800. The summed E-state index contributed by atoms with van der Waals surface area (Å²) in [4.78, 5) is 26.6. The highest BCUT2D eigenvalue weighted by atomic mass is 16.5. The Bertz CT molecular complexity index is 786. The number of fused-ring (bicyclic) bond motifs is 1. The van der Waals surface area contributed by atoms with Crippen LogP contribution in [0.3, 0.4) is 0 Å². The van der Waals surface area contributed by atoms with E-state index in [9.17, 15) is 9.59 Å². The van der Waals surface area contributed by atoms with Crippen molar-refractivity contribution in [1.29, 1.82) is 0 Å². The number of hydrogen-bond acceptors (Lipinski definition) is 4. The van der Waals surface area contributed by atoms with Gasteiger partial charge in [0.2, 0.25) is 0 Å². The zero-order valence-corrected chi connectivity index (χ0v) is 14.7. The van der Waals surface area contributed by atoms with Crippen molar-refractivity contribution in [2.45, 2.75) is 32.2 Å². The first kappa shape index (κ1) is 17.3. The number of methoxy groups -OCH3 is 1. The molecule has 0 radical (unpaired) electrons. The summed E-state index contributed by atoms with van der Waals surface area (Å²) in [6, 6.07) is 11.1. The molecular formula is C20H23NO4. The molecule has 0 saturated carbocycles. The maximum atomic E-state index is 12.5. The lowest BCUT2D eigenvalue weighted by Crippen LogP contribution is -2.44. The molecule has 3 rings (SSSR count). The van der Waals surface area contributed by atoms with Gasteiger partial charge in [-0.15, -0.1) is 0 Å². The second-order valence-corrected chi connectivity index (χ2v) is 6.37. The van der Waals surface area contributed by atoms with Crippen molar-refractivity contribution < 1.29 is 19.1 Å². The molecule has 132 valence electrons. The predicted octanol–water partition coefficient (Wildman–Crippen LogP) is 3.41. The molecule has 1 atom stereocenters. The zero-order valence-electron chi connectivity index (χ0n) is 14.7. The summed E-state index contributed by atoms with van der Waals surface area (Å²) in [6.07, 6.45) is 3.15. The molecule has 0 bridgehead atoms. The van der Waals surface area contributed by atoms with Crippen LogP contribution in [0.4, 0.5) is 0 Å². The van der Waals surface area contributed by atoms with Gasteiger partial charge in [0.05, 0.1) is 12.7 Å². The standard InChI is InChI=1S/C20H23NO4/c1-14-7-5-6-12-21(14)19(22)13-25-20(23)17-10-11-18(24-2)16-9-4-3-8-15(16)17/h3-4,8-11,14H,5-7,12-13H2,1-2H3/t14-/m1/s1. The third kappa shape index (κ3) is 3.60. The number of benzene rings is 2. The molecule has 5 heteroatoms. The van der Waals surface area contributed by atoms with Crippen molar-refractivity contribution in [2.75, 3.05) is 20.3 Å². The molecule has 2 aromatic carbocycles. The Morgan fingerprint density at radius 3 is 2.60 bits per heavy atom. The molecule has 1 aliphatic heterocycles. The van der Waals surface area contributed by atoms with Gasteiger partial charge in [0.15, 0.2) is 6.61 Å². The number of rotatable bonds is 4. The number of hydrogen-bond donors (Lipinski definition) is 0. The van der Waals surface area contributed by atoms with Gasteiger partial charge in [-0.3, -0.25) is 4.79 Å². The van der Waals surface area contributed by atoms with Crippen LogP contribution < -0.4 is 4.74 Å². The van der Waals surface area contributed by atoms with Gasteiger partial charge in [-0.2, -0.15) is 0 Å². The Morgan fingerprint density at radius 1 is 1.12 bits per heavy atom. The van der Waals surface area contributed by atoms with Crippen LogP contribution in [0.5, 0.6) is 5.75 Å². The average molecular weight is 341 g/mol. The van der Waals surface area contributed by atoms with Crippen LogP contribution in [0.1, 0.15) is 36.5 Å². The minimum Gasteiger partial charge on any atom is -0.496 e. The summed E-state index contributed by atoms with van der Waals surface area (Å²) in [5.74, 6) is 0.0839. The number of likely N-dealkylation sites (tertiary alicyclic amines) is 1. The molecule has 25 heavy (non-hydrogen) atoms. The molecular weight excluding hydrogens is 318 g/mol. The van der Waals surface area contributed by atoms with Crippen LogP contribution >= 0.6 is 0 Å². The molecule has 0 unspecified atom stereocenters. The Labute approximate surface area is 147 Å². The summed E-state index contributed by atoms with van der Waals surface area (Å²) in [5, 5.41) is 1.60. The maximum Gasteiger partial charge on any atom is 0.339 e. The lowest BCUT2D eigenvalue weighted by molar-refractivity contribution is -0.137. The smallest absolute Gasteiger partial charge is 0.339 e. The van der Waals surface area contributed by atoms with Gasteiger partial charge >= 0.3 is 5.97 Å². The molecule has 5 nitrogen and oxygen atoms in total. The Kier molecular flexibility index (Phi) is 5.22. The molecule has 1 heterocycles. The van der Waals surface area contributed by atoms with E-state index in [-0.39, 0.29) is 18.6 Å². The average Bonchev–Trinajstić information content (AvgIpc) is 2.65. The van der Waals surface area contributed by atoms with Gasteiger partial charge in [0, 0.05) is 18.0 Å². The summed E-state index contributed by atoms with van der Waals surface area (Å²) < 4.78 is 10.6. The van der Waals surface area contributed by atoms with E-state index in [0.717, 1.165) is 36.6 Å². The molecule has 0 N–H and O–H groups in total. The van der Waals surface area contributed by atoms with Gasteiger partial charge in [0.25, 0.3) is 5.91 Å². The first-order valence-electron chi connectivity index (χ1n) is 8.64. The van der Waals surface area contributed by atoms with Crippen molar-refractivity contribution in [1.82, 2.24) is 4.90 Å². The minimum atomic E-state index is -0.489. The molecule has 1 saturated heterocycles. The third-order valence-electron chi connectivity index (χ3n) is 4.77. The number of esters is 1. The van der Waals surface area contributed by atoms with Gasteiger partial charge in [-0.25, -0.2) is 4.79 Å². The normalized spacial score (nSPS) is 17.4. The summed E-state index contributed by atoms with van der Waals surface area (Å²) in [6.45, 7) is 2.56. The lowest BCUT2D eigenvalue weighted by atomic mass is 10.0. The van der Waals surface area contributed by atoms with E-state index in [1.54, 1.807) is 19.2 Å². The fraction of sp³-hybridized carbons (Fsp3) is 0.400. The summed E-state index contributed by atoms with van der Waals surface area (Å²) >= 11 is 0. The van der Waals surface area contributed by atoms with E-state index in [2.05, 4.69) is 0 Å². The molecule has 1 amide bonds. The largest absolute Gasteiger partial charge is 0.496 e. The first-order chi connectivity index (χ1) is 12.1. The topological polar surface area (TPSA) is 55.8 Å². The van der Waals surface area contributed by atoms with Crippen molar-refractivity contribution >= 4 is 22.6 Å². The number of ether oxygens (including phenoxy) is 2. The molecule has 0 spiro atoms. The van der Waals surface area contributed by atoms with Gasteiger partial charge < -0.3 is 14.4 Å². The van der Waals surface area contributed by atoms with Crippen molar-refractivity contribution in [3.63, 3.8) is 0 Å². The first-order valence-corrected chi connectivity index (χ1v) is 8.64. The molecule has 1 fully saturated rings. The molecule has 2 aromatic rings. The highest BCUT2D eigenvalue weighted by molar-refractivity contribution is 6.06. The van der Waals surface area contributed by atoms with Gasteiger partial charge in [0.1, 0.15) is 5.75 Å². The Hall–Kier alpha value is -2.56. The second-order valence-electron chi connectivity index (χ2n) is 6.37. The van der Waals surface area contributed by atoms with Crippen LogP contribution in [0.15, 0.2) is 36.4 Å². The van der Waals surface area contributed by atoms with E-state index in [0.29, 0.717) is 11.3 Å². The van der Waals surface area contributed by atoms with Crippen LogP contribution in [0, 0.1) is 0 Å². The highest BCUT2D eigenvalue weighted by Crippen LogP contribution is 2.28. The minimum absolute atomic E-state index is 0.127. The molecule has 1 aliphatic rings.